The van der Waals surface area contributed by atoms with Gasteiger partial charge in [-0.3, -0.25) is 4.79 Å². The average molecular weight is 314 g/mol. The maximum Gasteiger partial charge on any atom is 0.454 e. The SMILES string of the molecule is O=[C]C(CCCCOC1CC[CH]CC1)C(F)(F)C(F)(F)F. The van der Waals surface area contributed by atoms with Crippen molar-refractivity contribution in [1.29, 1.82) is 0 Å². The van der Waals surface area contributed by atoms with Gasteiger partial charge in [0, 0.05) is 6.61 Å². The molecular formula is C14H19F5O2. The Morgan fingerprint density at radius 2 is 1.76 bits per heavy atom. The third-order valence-electron chi connectivity index (χ3n) is 3.58. The molecule has 0 heterocycles. The second-order valence-corrected chi connectivity index (χ2v) is 5.22. The minimum absolute atomic E-state index is 0.0738. The number of halogens is 5. The fourth-order valence-electron chi connectivity index (χ4n) is 2.28. The summed E-state index contributed by atoms with van der Waals surface area (Å²) in [4.78, 5) is 10.4. The van der Waals surface area contributed by atoms with Crippen LogP contribution in [-0.4, -0.2) is 31.1 Å². The van der Waals surface area contributed by atoms with Crippen molar-refractivity contribution in [2.75, 3.05) is 6.61 Å². The van der Waals surface area contributed by atoms with Crippen molar-refractivity contribution in [3.8, 4) is 0 Å². The van der Waals surface area contributed by atoms with Crippen LogP contribution in [0.1, 0.15) is 44.9 Å². The van der Waals surface area contributed by atoms with Gasteiger partial charge in [0.05, 0.1) is 12.0 Å². The zero-order valence-electron chi connectivity index (χ0n) is 11.6. The Kier molecular flexibility index (Phi) is 7.03. The lowest BCUT2D eigenvalue weighted by atomic mass is 9.96. The Bertz CT molecular complexity index is 311. The molecule has 0 aliphatic heterocycles. The quantitative estimate of drug-likeness (QED) is 0.495. The van der Waals surface area contributed by atoms with Crippen LogP contribution in [-0.2, 0) is 9.53 Å². The van der Waals surface area contributed by atoms with Crippen molar-refractivity contribution >= 4 is 6.29 Å². The maximum absolute atomic E-state index is 13.0. The number of ether oxygens (including phenoxy) is 1. The zero-order chi connectivity index (χ0) is 15.9. The van der Waals surface area contributed by atoms with Gasteiger partial charge in [-0.1, -0.05) is 6.42 Å². The van der Waals surface area contributed by atoms with E-state index in [1.807, 2.05) is 0 Å². The van der Waals surface area contributed by atoms with E-state index in [4.69, 9.17) is 4.74 Å². The highest BCUT2D eigenvalue weighted by atomic mass is 19.4. The molecule has 1 aliphatic carbocycles. The summed E-state index contributed by atoms with van der Waals surface area (Å²) < 4.78 is 67.9. The van der Waals surface area contributed by atoms with Gasteiger partial charge < -0.3 is 4.74 Å². The van der Waals surface area contributed by atoms with Gasteiger partial charge in [-0.25, -0.2) is 0 Å². The summed E-state index contributed by atoms with van der Waals surface area (Å²) in [5, 5.41) is 0. The molecule has 2 radical (unpaired) electrons. The molecule has 1 rings (SSSR count). The predicted molar refractivity (Wildman–Crippen MR) is 66.5 cm³/mol. The van der Waals surface area contributed by atoms with E-state index < -0.39 is 24.4 Å². The minimum Gasteiger partial charge on any atom is -0.378 e. The smallest absolute Gasteiger partial charge is 0.378 e. The number of hydrogen-bond donors (Lipinski definition) is 0. The van der Waals surface area contributed by atoms with Crippen LogP contribution in [0.5, 0.6) is 0 Å². The number of hydrogen-bond acceptors (Lipinski definition) is 2. The lowest BCUT2D eigenvalue weighted by molar-refractivity contribution is -0.294. The van der Waals surface area contributed by atoms with E-state index >= 15 is 0 Å². The van der Waals surface area contributed by atoms with Gasteiger partial charge in [0.1, 0.15) is 0 Å². The van der Waals surface area contributed by atoms with Crippen LogP contribution in [0, 0.1) is 12.3 Å². The van der Waals surface area contributed by atoms with Gasteiger partial charge in [-0.2, -0.15) is 22.0 Å². The van der Waals surface area contributed by atoms with E-state index in [0.29, 0.717) is 13.0 Å². The summed E-state index contributed by atoms with van der Waals surface area (Å²) in [7, 11) is 0. The Hall–Kier alpha value is -0.720. The largest absolute Gasteiger partial charge is 0.454 e. The van der Waals surface area contributed by atoms with Crippen LogP contribution in [0.2, 0.25) is 0 Å². The molecule has 1 unspecified atom stereocenters. The van der Waals surface area contributed by atoms with Crippen molar-refractivity contribution in [2.24, 2.45) is 5.92 Å². The highest BCUT2D eigenvalue weighted by molar-refractivity contribution is 5.56. The summed E-state index contributed by atoms with van der Waals surface area (Å²) in [6, 6.07) is 0. The molecule has 21 heavy (non-hydrogen) atoms. The van der Waals surface area contributed by atoms with Gasteiger partial charge >= 0.3 is 12.1 Å². The Morgan fingerprint density at radius 3 is 2.29 bits per heavy atom. The van der Waals surface area contributed by atoms with Crippen molar-refractivity contribution in [3.05, 3.63) is 6.42 Å². The van der Waals surface area contributed by atoms with Gasteiger partial charge in [-0.05, 0) is 44.9 Å². The highest BCUT2D eigenvalue weighted by Gasteiger charge is 2.62. The Morgan fingerprint density at radius 1 is 1.14 bits per heavy atom. The minimum atomic E-state index is -5.72. The molecule has 0 saturated heterocycles. The number of alkyl halides is 5. The van der Waals surface area contributed by atoms with E-state index in [1.165, 1.54) is 0 Å². The Balaban J connectivity index is 2.24. The average Bonchev–Trinajstić information content (AvgIpc) is 2.42. The van der Waals surface area contributed by atoms with Gasteiger partial charge in [0.25, 0.3) is 0 Å². The molecule has 0 spiro atoms. The van der Waals surface area contributed by atoms with Crippen LogP contribution in [0.15, 0.2) is 0 Å². The molecule has 2 nitrogen and oxygen atoms in total. The normalized spacial score (nSPS) is 19.5. The lowest BCUT2D eigenvalue weighted by Gasteiger charge is -2.24. The summed E-state index contributed by atoms with van der Waals surface area (Å²) in [5.74, 6) is -7.46. The van der Waals surface area contributed by atoms with Crippen LogP contribution in [0.3, 0.4) is 0 Å². The lowest BCUT2D eigenvalue weighted by Crippen LogP contribution is -2.44. The van der Waals surface area contributed by atoms with Crippen LogP contribution >= 0.6 is 0 Å². The molecule has 1 fully saturated rings. The van der Waals surface area contributed by atoms with Gasteiger partial charge in [0.15, 0.2) is 0 Å². The monoisotopic (exact) mass is 314 g/mol. The van der Waals surface area contributed by atoms with Gasteiger partial charge in [0.2, 0.25) is 6.29 Å². The van der Waals surface area contributed by atoms with E-state index in [0.717, 1.165) is 32.0 Å². The van der Waals surface area contributed by atoms with E-state index in [2.05, 4.69) is 6.42 Å². The van der Waals surface area contributed by atoms with E-state index in [1.54, 1.807) is 0 Å². The molecule has 0 aromatic rings. The van der Waals surface area contributed by atoms with Crippen molar-refractivity contribution < 1.29 is 31.5 Å². The molecule has 1 aliphatic rings. The van der Waals surface area contributed by atoms with E-state index in [-0.39, 0.29) is 12.5 Å². The van der Waals surface area contributed by atoms with Crippen LogP contribution < -0.4 is 0 Å². The summed E-state index contributed by atoms with van der Waals surface area (Å²) in [6.45, 7) is 0.313. The molecule has 0 amide bonds. The molecule has 7 heteroatoms. The van der Waals surface area contributed by atoms with Crippen LogP contribution in [0.4, 0.5) is 22.0 Å². The summed E-state index contributed by atoms with van der Waals surface area (Å²) in [5.41, 5.74) is 0. The van der Waals surface area contributed by atoms with Crippen molar-refractivity contribution in [3.63, 3.8) is 0 Å². The first-order chi connectivity index (χ1) is 9.79. The third-order valence-corrected chi connectivity index (χ3v) is 3.58. The second kappa shape index (κ2) is 8.06. The molecule has 122 valence electrons. The molecule has 0 bridgehead atoms. The molecular weight excluding hydrogens is 295 g/mol. The first-order valence-electron chi connectivity index (χ1n) is 7.04. The third kappa shape index (κ3) is 5.52. The molecule has 0 aromatic heterocycles. The molecule has 0 N–H and O–H groups in total. The molecule has 0 aromatic carbocycles. The maximum atomic E-state index is 13.0. The zero-order valence-corrected chi connectivity index (χ0v) is 11.6. The van der Waals surface area contributed by atoms with E-state index in [9.17, 15) is 26.7 Å². The topological polar surface area (TPSA) is 26.3 Å². The Labute approximate surface area is 121 Å². The fourth-order valence-corrected chi connectivity index (χ4v) is 2.28. The summed E-state index contributed by atoms with van der Waals surface area (Å²) in [6.07, 6.45) is 1.08. The highest BCUT2D eigenvalue weighted by Crippen LogP contribution is 2.42. The van der Waals surface area contributed by atoms with Gasteiger partial charge in [-0.15, -0.1) is 0 Å². The summed E-state index contributed by atoms with van der Waals surface area (Å²) >= 11 is 0. The van der Waals surface area contributed by atoms with Crippen LogP contribution in [0.25, 0.3) is 0 Å². The molecule has 1 saturated carbocycles. The number of rotatable bonds is 8. The van der Waals surface area contributed by atoms with Crippen molar-refractivity contribution in [1.82, 2.24) is 0 Å². The van der Waals surface area contributed by atoms with Crippen molar-refractivity contribution in [2.45, 2.75) is 63.1 Å². The standard InChI is InChI=1S/C14H19F5O2/c15-13(16,14(17,18)19)11(10-20)6-4-5-9-21-12-7-2-1-3-8-12/h1,11-12H,2-9H2. The second-order valence-electron chi connectivity index (χ2n) is 5.22. The number of unbranched alkanes of at least 4 members (excludes halogenated alkanes) is 1. The number of carbonyl (C=O) groups excluding carboxylic acids is 1. The molecule has 1 atom stereocenters. The predicted octanol–water partition coefficient (Wildman–Crippen LogP) is 4.24. The first-order valence-corrected chi connectivity index (χ1v) is 7.04. The first kappa shape index (κ1) is 18.3. The fraction of sp³-hybridized carbons (Fsp3) is 0.857.